The molecule has 0 fully saturated rings. The fourth-order valence-corrected chi connectivity index (χ4v) is 1.13. The van der Waals surface area contributed by atoms with Gasteiger partial charge >= 0.3 is 5.97 Å². The summed E-state index contributed by atoms with van der Waals surface area (Å²) in [5.74, 6) is -0.271. The van der Waals surface area contributed by atoms with Crippen LogP contribution < -0.4 is 5.43 Å². The van der Waals surface area contributed by atoms with Crippen molar-refractivity contribution in [3.8, 4) is 0 Å². The minimum atomic E-state index is -0.271. The first kappa shape index (κ1) is 9.64. The molecular formula is C9H14N2O2. The summed E-state index contributed by atoms with van der Waals surface area (Å²) in [6, 6.07) is 3.97. The van der Waals surface area contributed by atoms with Crippen LogP contribution in [0.1, 0.15) is 11.4 Å². The minimum absolute atomic E-state index is 0.187. The number of carbonyl (C=O) groups excluding carboxylic acids is 1. The molecule has 4 nitrogen and oxygen atoms in total. The van der Waals surface area contributed by atoms with Crippen LogP contribution in [-0.4, -0.2) is 24.3 Å². The molecule has 1 N–H and O–H groups in total. The SMILES string of the molecule is COC(=O)CNn1c(C)ccc1C. The highest BCUT2D eigenvalue weighted by molar-refractivity contribution is 5.72. The zero-order valence-electron chi connectivity index (χ0n) is 8.13. The number of carbonyl (C=O) groups is 1. The van der Waals surface area contributed by atoms with Crippen LogP contribution >= 0.6 is 0 Å². The van der Waals surface area contributed by atoms with Gasteiger partial charge in [-0.1, -0.05) is 0 Å². The molecule has 0 amide bonds. The van der Waals surface area contributed by atoms with Gasteiger partial charge in [0.1, 0.15) is 6.54 Å². The van der Waals surface area contributed by atoms with E-state index in [0.29, 0.717) is 0 Å². The highest BCUT2D eigenvalue weighted by Crippen LogP contribution is 2.03. The van der Waals surface area contributed by atoms with Gasteiger partial charge in [0.25, 0.3) is 0 Å². The molecule has 13 heavy (non-hydrogen) atoms. The van der Waals surface area contributed by atoms with Gasteiger partial charge < -0.3 is 10.2 Å². The van der Waals surface area contributed by atoms with Crippen LogP contribution in [0.15, 0.2) is 12.1 Å². The lowest BCUT2D eigenvalue weighted by Crippen LogP contribution is -2.24. The molecule has 0 radical (unpaired) electrons. The first-order chi connectivity index (χ1) is 6.15. The fraction of sp³-hybridized carbons (Fsp3) is 0.444. The Bertz CT molecular complexity index is 285. The molecule has 0 aliphatic rings. The van der Waals surface area contributed by atoms with Gasteiger partial charge in [-0.05, 0) is 26.0 Å². The van der Waals surface area contributed by atoms with E-state index < -0.39 is 0 Å². The monoisotopic (exact) mass is 182 g/mol. The van der Waals surface area contributed by atoms with Gasteiger partial charge in [0.15, 0.2) is 0 Å². The Morgan fingerprint density at radius 1 is 1.46 bits per heavy atom. The minimum Gasteiger partial charge on any atom is -0.468 e. The van der Waals surface area contributed by atoms with Gasteiger partial charge in [-0.25, -0.2) is 0 Å². The second-order valence-electron chi connectivity index (χ2n) is 2.86. The summed E-state index contributed by atoms with van der Waals surface area (Å²) in [5.41, 5.74) is 5.10. The fourth-order valence-electron chi connectivity index (χ4n) is 1.13. The Hall–Kier alpha value is -1.45. The number of hydrogen-bond acceptors (Lipinski definition) is 3. The summed E-state index contributed by atoms with van der Waals surface area (Å²) in [6.45, 7) is 4.13. The van der Waals surface area contributed by atoms with E-state index in [9.17, 15) is 4.79 Å². The zero-order chi connectivity index (χ0) is 9.84. The summed E-state index contributed by atoms with van der Waals surface area (Å²) in [5, 5.41) is 0. The number of nitrogens with one attached hydrogen (secondary N) is 1. The lowest BCUT2D eigenvalue weighted by Gasteiger charge is -2.10. The van der Waals surface area contributed by atoms with Crippen LogP contribution in [0.2, 0.25) is 0 Å². The first-order valence-corrected chi connectivity index (χ1v) is 4.11. The maximum Gasteiger partial charge on any atom is 0.326 e. The number of methoxy groups -OCH3 is 1. The molecule has 0 aliphatic carbocycles. The highest BCUT2D eigenvalue weighted by atomic mass is 16.5. The van der Waals surface area contributed by atoms with Gasteiger partial charge in [-0.2, -0.15) is 0 Å². The molecule has 1 aromatic heterocycles. The molecule has 1 heterocycles. The van der Waals surface area contributed by atoms with Crippen LogP contribution in [0.4, 0.5) is 0 Å². The smallest absolute Gasteiger partial charge is 0.326 e. The predicted octanol–water partition coefficient (Wildman–Crippen LogP) is 0.821. The van der Waals surface area contributed by atoms with Crippen LogP contribution in [-0.2, 0) is 9.53 Å². The molecule has 0 atom stereocenters. The molecule has 4 heteroatoms. The number of aryl methyl sites for hydroxylation is 2. The second-order valence-corrected chi connectivity index (χ2v) is 2.86. The van der Waals surface area contributed by atoms with Gasteiger partial charge in [0, 0.05) is 11.4 Å². The molecule has 0 saturated heterocycles. The Morgan fingerprint density at radius 2 is 2.00 bits per heavy atom. The van der Waals surface area contributed by atoms with E-state index in [1.165, 1.54) is 7.11 Å². The number of esters is 1. The summed E-state index contributed by atoms with van der Waals surface area (Å²) in [4.78, 5) is 10.8. The van der Waals surface area contributed by atoms with E-state index in [1.807, 2.05) is 30.7 Å². The van der Waals surface area contributed by atoms with Crippen LogP contribution in [0.3, 0.4) is 0 Å². The summed E-state index contributed by atoms with van der Waals surface area (Å²) in [7, 11) is 1.37. The Balaban J connectivity index is 2.58. The van der Waals surface area contributed by atoms with Crippen molar-refractivity contribution >= 4 is 5.97 Å². The lowest BCUT2D eigenvalue weighted by molar-refractivity contribution is -0.138. The van der Waals surface area contributed by atoms with Crippen molar-refractivity contribution < 1.29 is 9.53 Å². The van der Waals surface area contributed by atoms with E-state index >= 15 is 0 Å². The average Bonchev–Trinajstić information content (AvgIpc) is 2.43. The van der Waals surface area contributed by atoms with Crippen molar-refractivity contribution in [2.24, 2.45) is 0 Å². The van der Waals surface area contributed by atoms with Crippen molar-refractivity contribution in [3.63, 3.8) is 0 Å². The molecule has 0 bridgehead atoms. The van der Waals surface area contributed by atoms with Crippen LogP contribution in [0, 0.1) is 13.8 Å². The number of aromatic nitrogens is 1. The third kappa shape index (κ3) is 2.24. The topological polar surface area (TPSA) is 43.3 Å². The van der Waals surface area contributed by atoms with Crippen molar-refractivity contribution in [1.82, 2.24) is 4.68 Å². The molecule has 1 rings (SSSR count). The third-order valence-electron chi connectivity index (χ3n) is 1.88. The quantitative estimate of drug-likeness (QED) is 0.704. The standard InChI is InChI=1S/C9H14N2O2/c1-7-4-5-8(2)11(7)10-6-9(12)13-3/h4-5,10H,6H2,1-3H3. The summed E-state index contributed by atoms with van der Waals surface area (Å²) >= 11 is 0. The highest BCUT2D eigenvalue weighted by Gasteiger charge is 2.02. The van der Waals surface area contributed by atoms with Gasteiger partial charge in [-0.15, -0.1) is 0 Å². The Labute approximate surface area is 77.5 Å². The zero-order valence-corrected chi connectivity index (χ0v) is 8.13. The van der Waals surface area contributed by atoms with Crippen molar-refractivity contribution in [2.45, 2.75) is 13.8 Å². The van der Waals surface area contributed by atoms with Crippen LogP contribution in [0.5, 0.6) is 0 Å². The van der Waals surface area contributed by atoms with Gasteiger partial charge in [0.05, 0.1) is 7.11 Å². The van der Waals surface area contributed by atoms with E-state index in [1.54, 1.807) is 0 Å². The van der Waals surface area contributed by atoms with E-state index in [0.717, 1.165) is 11.4 Å². The molecule has 1 aromatic rings. The first-order valence-electron chi connectivity index (χ1n) is 4.11. The molecular weight excluding hydrogens is 168 g/mol. The number of nitrogens with zero attached hydrogens (tertiary/aromatic N) is 1. The maximum atomic E-state index is 10.8. The van der Waals surface area contributed by atoms with Crippen molar-refractivity contribution in [2.75, 3.05) is 19.1 Å². The molecule has 0 unspecified atom stereocenters. The maximum absolute atomic E-state index is 10.8. The molecule has 0 saturated carbocycles. The largest absolute Gasteiger partial charge is 0.468 e. The molecule has 72 valence electrons. The van der Waals surface area contributed by atoms with Crippen molar-refractivity contribution in [1.29, 1.82) is 0 Å². The molecule has 0 aliphatic heterocycles. The third-order valence-corrected chi connectivity index (χ3v) is 1.88. The molecule has 0 spiro atoms. The van der Waals surface area contributed by atoms with E-state index in [2.05, 4.69) is 10.2 Å². The summed E-state index contributed by atoms with van der Waals surface area (Å²) < 4.78 is 6.37. The Morgan fingerprint density at radius 3 is 2.46 bits per heavy atom. The van der Waals surface area contributed by atoms with Gasteiger partial charge in [0.2, 0.25) is 0 Å². The van der Waals surface area contributed by atoms with E-state index in [-0.39, 0.29) is 12.5 Å². The van der Waals surface area contributed by atoms with E-state index in [4.69, 9.17) is 0 Å². The molecule has 0 aromatic carbocycles. The normalized spacial score (nSPS) is 9.77. The van der Waals surface area contributed by atoms with Crippen molar-refractivity contribution in [3.05, 3.63) is 23.5 Å². The predicted molar refractivity (Wildman–Crippen MR) is 50.1 cm³/mol. The lowest BCUT2D eigenvalue weighted by atomic mass is 10.5. The van der Waals surface area contributed by atoms with Crippen LogP contribution in [0.25, 0.3) is 0 Å². The number of rotatable bonds is 3. The Kier molecular flexibility index (Phi) is 2.95. The summed E-state index contributed by atoms with van der Waals surface area (Å²) in [6.07, 6.45) is 0. The number of hydrogen-bond donors (Lipinski definition) is 1. The average molecular weight is 182 g/mol. The second kappa shape index (κ2) is 3.98. The number of ether oxygens (including phenoxy) is 1. The van der Waals surface area contributed by atoms with Gasteiger partial charge in [-0.3, -0.25) is 9.47 Å².